The van der Waals surface area contributed by atoms with Gasteiger partial charge in [0.2, 0.25) is 11.8 Å². The van der Waals surface area contributed by atoms with Gasteiger partial charge < -0.3 is 10.6 Å². The van der Waals surface area contributed by atoms with Crippen molar-refractivity contribution in [3.05, 3.63) is 28.0 Å². The van der Waals surface area contributed by atoms with Gasteiger partial charge in [-0.1, -0.05) is 0 Å². The van der Waals surface area contributed by atoms with E-state index in [1.807, 2.05) is 39.8 Å². The van der Waals surface area contributed by atoms with Crippen LogP contribution in [0.15, 0.2) is 18.2 Å². The highest BCUT2D eigenvalue weighted by Crippen LogP contribution is 2.16. The third kappa shape index (κ3) is 6.76. The van der Waals surface area contributed by atoms with Crippen molar-refractivity contribution in [3.63, 3.8) is 0 Å². The van der Waals surface area contributed by atoms with Crippen molar-refractivity contribution < 1.29 is 9.59 Å². The van der Waals surface area contributed by atoms with Crippen LogP contribution in [0.4, 0.5) is 0 Å². The number of hydrogen-bond donors (Lipinski definition) is 2. The third-order valence-corrected chi connectivity index (χ3v) is 3.06. The Morgan fingerprint density at radius 2 is 2.00 bits per heavy atom. The van der Waals surface area contributed by atoms with E-state index in [0.717, 1.165) is 4.88 Å². The van der Waals surface area contributed by atoms with Crippen LogP contribution < -0.4 is 10.6 Å². The Hall–Kier alpha value is -1.62. The minimum absolute atomic E-state index is 0.0100. The molecule has 104 valence electrons. The molecule has 4 nitrogen and oxygen atoms in total. The van der Waals surface area contributed by atoms with Crippen LogP contribution in [0.1, 0.15) is 30.5 Å². The Morgan fingerprint density at radius 3 is 2.53 bits per heavy atom. The summed E-state index contributed by atoms with van der Waals surface area (Å²) in [5.41, 5.74) is -0.286. The summed E-state index contributed by atoms with van der Waals surface area (Å²) in [4.78, 5) is 25.2. The van der Waals surface area contributed by atoms with Gasteiger partial charge in [0.1, 0.15) is 0 Å². The molecule has 0 aliphatic carbocycles. The fourth-order valence-corrected chi connectivity index (χ4v) is 2.17. The van der Waals surface area contributed by atoms with Crippen LogP contribution in [-0.4, -0.2) is 23.9 Å². The van der Waals surface area contributed by atoms with E-state index in [-0.39, 0.29) is 23.9 Å². The predicted molar refractivity (Wildman–Crippen MR) is 79.0 cm³/mol. The standard InChI is InChI=1S/C14H20N2O2S/c1-10-5-6-11(19-10)7-8-12(17)15-9-13(18)16-14(2,3)4/h5-8H,9H2,1-4H3,(H,15,17)(H,16,18)/b8-7+. The van der Waals surface area contributed by atoms with E-state index >= 15 is 0 Å². The van der Waals surface area contributed by atoms with Crippen LogP contribution in [0.2, 0.25) is 0 Å². The summed E-state index contributed by atoms with van der Waals surface area (Å²) >= 11 is 1.62. The van der Waals surface area contributed by atoms with Crippen LogP contribution in [0.25, 0.3) is 6.08 Å². The zero-order chi connectivity index (χ0) is 14.5. The van der Waals surface area contributed by atoms with Crippen molar-refractivity contribution in [1.29, 1.82) is 0 Å². The first-order chi connectivity index (χ1) is 8.76. The Kier molecular flexibility index (Phi) is 5.30. The van der Waals surface area contributed by atoms with Gasteiger partial charge in [-0.25, -0.2) is 0 Å². The topological polar surface area (TPSA) is 58.2 Å². The molecule has 0 radical (unpaired) electrons. The van der Waals surface area contributed by atoms with Crippen molar-refractivity contribution in [1.82, 2.24) is 10.6 Å². The number of hydrogen-bond acceptors (Lipinski definition) is 3. The maximum atomic E-state index is 11.5. The number of thiophene rings is 1. The van der Waals surface area contributed by atoms with Crippen molar-refractivity contribution >= 4 is 29.2 Å². The minimum Gasteiger partial charge on any atom is -0.350 e. The highest BCUT2D eigenvalue weighted by Gasteiger charge is 2.13. The van der Waals surface area contributed by atoms with Gasteiger partial charge in [-0.05, 0) is 45.9 Å². The summed E-state index contributed by atoms with van der Waals surface area (Å²) in [6, 6.07) is 3.95. The Morgan fingerprint density at radius 1 is 1.32 bits per heavy atom. The molecule has 2 amide bonds. The number of carbonyl (C=O) groups is 2. The van der Waals surface area contributed by atoms with E-state index in [4.69, 9.17) is 0 Å². The number of amides is 2. The molecule has 1 rings (SSSR count). The summed E-state index contributed by atoms with van der Waals surface area (Å²) in [6.07, 6.45) is 3.18. The zero-order valence-corrected chi connectivity index (χ0v) is 12.6. The molecule has 0 fully saturated rings. The molecule has 5 heteroatoms. The van der Waals surface area contributed by atoms with Gasteiger partial charge in [-0.2, -0.15) is 0 Å². The van der Waals surface area contributed by atoms with Gasteiger partial charge in [0, 0.05) is 21.4 Å². The highest BCUT2D eigenvalue weighted by atomic mass is 32.1. The lowest BCUT2D eigenvalue weighted by Crippen LogP contribution is -2.45. The Labute approximate surface area is 117 Å². The van der Waals surface area contributed by atoms with Crippen LogP contribution in [0.3, 0.4) is 0 Å². The fraction of sp³-hybridized carbons (Fsp3) is 0.429. The third-order valence-electron chi connectivity index (χ3n) is 2.10. The molecule has 1 heterocycles. The van der Waals surface area contributed by atoms with Crippen molar-refractivity contribution in [2.75, 3.05) is 6.54 Å². The molecule has 0 aliphatic heterocycles. The molecule has 0 spiro atoms. The predicted octanol–water partition coefficient (Wildman–Crippen LogP) is 2.10. The second-order valence-corrected chi connectivity index (χ2v) is 6.62. The van der Waals surface area contributed by atoms with Gasteiger partial charge in [-0.3, -0.25) is 9.59 Å². The van der Waals surface area contributed by atoms with E-state index in [2.05, 4.69) is 10.6 Å². The number of aryl methyl sites for hydroxylation is 1. The fourth-order valence-electron chi connectivity index (χ4n) is 1.39. The van der Waals surface area contributed by atoms with Crippen LogP contribution in [-0.2, 0) is 9.59 Å². The normalized spacial score (nSPS) is 11.6. The van der Waals surface area contributed by atoms with E-state index < -0.39 is 0 Å². The molecule has 1 aromatic rings. The smallest absolute Gasteiger partial charge is 0.244 e. The van der Waals surface area contributed by atoms with Crippen LogP contribution >= 0.6 is 11.3 Å². The van der Waals surface area contributed by atoms with Crippen molar-refractivity contribution in [3.8, 4) is 0 Å². The molecule has 0 atom stereocenters. The minimum atomic E-state index is -0.286. The second kappa shape index (κ2) is 6.52. The number of carbonyl (C=O) groups excluding carboxylic acids is 2. The second-order valence-electron chi connectivity index (χ2n) is 5.30. The van der Waals surface area contributed by atoms with Gasteiger partial charge >= 0.3 is 0 Å². The molecule has 1 aromatic heterocycles. The average Bonchev–Trinajstić information content (AvgIpc) is 2.67. The van der Waals surface area contributed by atoms with Crippen molar-refractivity contribution in [2.24, 2.45) is 0 Å². The van der Waals surface area contributed by atoms with E-state index in [1.54, 1.807) is 17.4 Å². The van der Waals surface area contributed by atoms with E-state index in [1.165, 1.54) is 11.0 Å². The lowest BCUT2D eigenvalue weighted by molar-refractivity contribution is -0.124. The summed E-state index contributed by atoms with van der Waals surface area (Å²) in [5, 5.41) is 5.32. The van der Waals surface area contributed by atoms with Crippen LogP contribution in [0, 0.1) is 6.92 Å². The molecule has 0 aromatic carbocycles. The van der Waals surface area contributed by atoms with E-state index in [0.29, 0.717) is 0 Å². The monoisotopic (exact) mass is 280 g/mol. The maximum absolute atomic E-state index is 11.5. The Balaban J connectivity index is 2.36. The first-order valence-electron chi connectivity index (χ1n) is 6.09. The molecule has 0 aliphatic rings. The quantitative estimate of drug-likeness (QED) is 0.830. The first kappa shape index (κ1) is 15.4. The molecule has 0 saturated heterocycles. The van der Waals surface area contributed by atoms with Gasteiger partial charge in [0.05, 0.1) is 6.54 Å². The average molecular weight is 280 g/mol. The summed E-state index contributed by atoms with van der Waals surface area (Å²) < 4.78 is 0. The van der Waals surface area contributed by atoms with E-state index in [9.17, 15) is 9.59 Å². The number of nitrogens with one attached hydrogen (secondary N) is 2. The molecule has 0 saturated carbocycles. The van der Waals surface area contributed by atoms with Gasteiger partial charge in [0.25, 0.3) is 0 Å². The molecule has 2 N–H and O–H groups in total. The first-order valence-corrected chi connectivity index (χ1v) is 6.91. The van der Waals surface area contributed by atoms with Gasteiger partial charge in [0.15, 0.2) is 0 Å². The summed E-state index contributed by atoms with van der Waals surface area (Å²) in [5.74, 6) is -0.462. The SMILES string of the molecule is Cc1ccc(/C=C/C(=O)NCC(=O)NC(C)(C)C)s1. The maximum Gasteiger partial charge on any atom is 0.244 e. The van der Waals surface area contributed by atoms with Gasteiger partial charge in [-0.15, -0.1) is 11.3 Å². The molecule has 0 bridgehead atoms. The van der Waals surface area contributed by atoms with Crippen LogP contribution in [0.5, 0.6) is 0 Å². The molecule has 19 heavy (non-hydrogen) atoms. The number of rotatable bonds is 4. The molecule has 0 unspecified atom stereocenters. The lowest BCUT2D eigenvalue weighted by atomic mass is 10.1. The highest BCUT2D eigenvalue weighted by molar-refractivity contribution is 7.12. The molecular formula is C14H20N2O2S. The Bertz CT molecular complexity index is 484. The summed E-state index contributed by atoms with van der Waals surface area (Å²) in [6.45, 7) is 7.69. The zero-order valence-electron chi connectivity index (χ0n) is 11.7. The van der Waals surface area contributed by atoms with Crippen molar-refractivity contribution in [2.45, 2.75) is 33.2 Å². The largest absolute Gasteiger partial charge is 0.350 e. The summed E-state index contributed by atoms with van der Waals surface area (Å²) in [7, 11) is 0. The lowest BCUT2D eigenvalue weighted by Gasteiger charge is -2.20. The molecular weight excluding hydrogens is 260 g/mol.